The molecule has 1 unspecified atom stereocenters. The molecule has 3 aromatic carbocycles. The average molecular weight is 580 g/mol. The number of nitrogens with one attached hydrogen (secondary N) is 1. The summed E-state index contributed by atoms with van der Waals surface area (Å²) in [5, 5.41) is 21.8. The maximum Gasteiger partial charge on any atom is 0.503 e. The van der Waals surface area contributed by atoms with Gasteiger partial charge in [-0.05, 0) is 78.8 Å². The van der Waals surface area contributed by atoms with E-state index in [0.29, 0.717) is 12.5 Å². The second-order valence-electron chi connectivity index (χ2n) is 11.5. The Morgan fingerprint density at radius 3 is 2.21 bits per heavy atom. The van der Waals surface area contributed by atoms with Gasteiger partial charge >= 0.3 is 6.16 Å². The van der Waals surface area contributed by atoms with Crippen molar-refractivity contribution in [3.8, 4) is 11.3 Å². The van der Waals surface area contributed by atoms with Crippen LogP contribution in [0.4, 0.5) is 10.5 Å². The summed E-state index contributed by atoms with van der Waals surface area (Å²) in [4.78, 5) is 34.8. The lowest BCUT2D eigenvalue weighted by molar-refractivity contribution is -0.118. The molecule has 2 saturated carbocycles. The highest BCUT2D eigenvalue weighted by molar-refractivity contribution is 5.96. The summed E-state index contributed by atoms with van der Waals surface area (Å²) >= 11 is 0. The summed E-state index contributed by atoms with van der Waals surface area (Å²) < 4.78 is 1.51. The molecule has 8 nitrogen and oxygen atoms in total. The SMILES string of the molecule is O=C(Nc1cccc(CC2CC2)c1)C(c1ccc(Cn2nc(-c3ccccc3)ccc2=O)cc1)C1CCCC1.O=C(O)O. The van der Waals surface area contributed by atoms with Crippen LogP contribution in [0.25, 0.3) is 11.3 Å². The van der Waals surface area contributed by atoms with Crippen molar-refractivity contribution in [2.75, 3.05) is 5.32 Å². The summed E-state index contributed by atoms with van der Waals surface area (Å²) in [5.41, 5.74) is 5.83. The molecule has 43 heavy (non-hydrogen) atoms. The number of benzene rings is 3. The molecule has 222 valence electrons. The molecule has 2 aliphatic carbocycles. The number of rotatable bonds is 9. The Hall–Kier alpha value is -4.72. The smallest absolute Gasteiger partial charge is 0.450 e. The maximum absolute atomic E-state index is 13.7. The summed E-state index contributed by atoms with van der Waals surface area (Å²) in [5.74, 6) is 1.05. The number of carbonyl (C=O) groups excluding carboxylic acids is 1. The molecule has 0 radical (unpaired) electrons. The fraction of sp³-hybridized carbons (Fsp3) is 0.314. The van der Waals surface area contributed by atoms with Gasteiger partial charge in [-0.2, -0.15) is 5.10 Å². The van der Waals surface area contributed by atoms with Crippen molar-refractivity contribution < 1.29 is 19.8 Å². The monoisotopic (exact) mass is 579 g/mol. The van der Waals surface area contributed by atoms with E-state index in [9.17, 15) is 9.59 Å². The van der Waals surface area contributed by atoms with Gasteiger partial charge in [0.25, 0.3) is 5.56 Å². The molecule has 8 heteroatoms. The number of nitrogens with zero attached hydrogens (tertiary/aromatic N) is 2. The third-order valence-electron chi connectivity index (χ3n) is 8.18. The van der Waals surface area contributed by atoms with Crippen LogP contribution in [-0.2, 0) is 17.8 Å². The minimum absolute atomic E-state index is 0.0756. The van der Waals surface area contributed by atoms with Crippen LogP contribution >= 0.6 is 0 Å². The third-order valence-corrected chi connectivity index (χ3v) is 8.18. The van der Waals surface area contributed by atoms with Crippen LogP contribution in [0.5, 0.6) is 0 Å². The zero-order chi connectivity index (χ0) is 30.2. The number of carboxylic acid groups (broad SMARTS) is 2. The van der Waals surface area contributed by atoms with Crippen molar-refractivity contribution in [1.82, 2.24) is 9.78 Å². The first-order chi connectivity index (χ1) is 20.9. The van der Waals surface area contributed by atoms with Crippen LogP contribution in [0, 0.1) is 11.8 Å². The van der Waals surface area contributed by atoms with Crippen LogP contribution in [0.2, 0.25) is 0 Å². The van der Waals surface area contributed by atoms with E-state index < -0.39 is 6.16 Å². The molecule has 4 aromatic rings. The van der Waals surface area contributed by atoms with Crippen LogP contribution < -0.4 is 10.9 Å². The van der Waals surface area contributed by atoms with E-state index in [1.807, 2.05) is 48.5 Å². The number of anilines is 1. The molecule has 1 atom stereocenters. The summed E-state index contributed by atoms with van der Waals surface area (Å²) in [6.07, 6.45) is 6.41. The number of hydrogen-bond acceptors (Lipinski definition) is 4. The minimum atomic E-state index is -1.83. The molecule has 0 saturated heterocycles. The van der Waals surface area contributed by atoms with Gasteiger partial charge in [-0.1, -0.05) is 79.6 Å². The summed E-state index contributed by atoms with van der Waals surface area (Å²) in [6, 6.07) is 29.8. The highest BCUT2D eigenvalue weighted by Gasteiger charge is 2.32. The molecule has 2 aliphatic rings. The lowest BCUT2D eigenvalue weighted by atomic mass is 9.83. The van der Waals surface area contributed by atoms with Crippen molar-refractivity contribution >= 4 is 17.7 Å². The first-order valence-electron chi connectivity index (χ1n) is 14.9. The first kappa shape index (κ1) is 29.8. The lowest BCUT2D eigenvalue weighted by Crippen LogP contribution is -2.26. The molecule has 0 spiro atoms. The number of aromatic nitrogens is 2. The Morgan fingerprint density at radius 1 is 0.837 bits per heavy atom. The van der Waals surface area contributed by atoms with Gasteiger partial charge in [0.2, 0.25) is 5.91 Å². The molecule has 1 heterocycles. The van der Waals surface area contributed by atoms with E-state index in [2.05, 4.69) is 40.7 Å². The van der Waals surface area contributed by atoms with Crippen LogP contribution in [-0.4, -0.2) is 32.1 Å². The van der Waals surface area contributed by atoms with E-state index >= 15 is 0 Å². The standard InChI is InChI=1S/C34H35N3O2.CH2O3/c38-32-20-19-31(27-8-2-1-3-9-27)36-37(32)23-25-15-17-29(18-16-25)33(28-10-4-5-11-28)34(39)35-30-12-6-7-26(22-30)21-24-13-14-24;2-1(3)4/h1-3,6-9,12,15-20,22,24,28,33H,4-5,10-11,13-14,21,23H2,(H,35,39);(H2,2,3,4). The van der Waals surface area contributed by atoms with E-state index in [1.54, 1.807) is 12.1 Å². The molecular formula is C35H37N3O5. The average Bonchev–Trinajstić information content (AvgIpc) is 3.65. The van der Waals surface area contributed by atoms with E-state index in [4.69, 9.17) is 15.0 Å². The minimum Gasteiger partial charge on any atom is -0.450 e. The highest BCUT2D eigenvalue weighted by atomic mass is 16.6. The molecule has 3 N–H and O–H groups in total. The number of amides is 1. The zero-order valence-corrected chi connectivity index (χ0v) is 24.1. The Balaban J connectivity index is 0.000000868. The molecule has 0 aliphatic heterocycles. The first-order valence-corrected chi connectivity index (χ1v) is 14.9. The summed E-state index contributed by atoms with van der Waals surface area (Å²) in [7, 11) is 0. The number of carbonyl (C=O) groups is 2. The van der Waals surface area contributed by atoms with E-state index in [1.165, 1.54) is 35.9 Å². The second kappa shape index (κ2) is 14.0. The topological polar surface area (TPSA) is 122 Å². The van der Waals surface area contributed by atoms with Crippen molar-refractivity contribution in [1.29, 1.82) is 0 Å². The largest absolute Gasteiger partial charge is 0.503 e. The van der Waals surface area contributed by atoms with Gasteiger partial charge in [0.1, 0.15) is 0 Å². The fourth-order valence-electron chi connectivity index (χ4n) is 5.91. The Morgan fingerprint density at radius 2 is 1.53 bits per heavy atom. The Labute approximate surface area is 251 Å². The van der Waals surface area contributed by atoms with Crippen LogP contribution in [0.15, 0.2) is 95.8 Å². The van der Waals surface area contributed by atoms with E-state index in [-0.39, 0.29) is 17.4 Å². The van der Waals surface area contributed by atoms with Crippen LogP contribution in [0.3, 0.4) is 0 Å². The van der Waals surface area contributed by atoms with Gasteiger partial charge in [-0.15, -0.1) is 0 Å². The van der Waals surface area contributed by atoms with Crippen molar-refractivity contribution in [3.63, 3.8) is 0 Å². The lowest BCUT2D eigenvalue weighted by Gasteiger charge is -2.24. The Bertz CT molecular complexity index is 1590. The number of hydrogen-bond donors (Lipinski definition) is 3. The third kappa shape index (κ3) is 8.41. The van der Waals surface area contributed by atoms with Gasteiger partial charge < -0.3 is 15.5 Å². The molecular weight excluding hydrogens is 542 g/mol. The highest BCUT2D eigenvalue weighted by Crippen LogP contribution is 2.38. The predicted octanol–water partition coefficient (Wildman–Crippen LogP) is 7.05. The van der Waals surface area contributed by atoms with Crippen molar-refractivity contribution in [2.45, 2.75) is 57.4 Å². The molecule has 2 fully saturated rings. The fourth-order valence-corrected chi connectivity index (χ4v) is 5.91. The van der Waals surface area contributed by atoms with Gasteiger partial charge in [0.05, 0.1) is 18.2 Å². The van der Waals surface area contributed by atoms with Crippen LogP contribution in [0.1, 0.15) is 61.1 Å². The normalized spacial score (nSPS) is 15.3. The molecule has 0 bridgehead atoms. The summed E-state index contributed by atoms with van der Waals surface area (Å²) in [6.45, 7) is 0.383. The van der Waals surface area contributed by atoms with Gasteiger partial charge in [0.15, 0.2) is 0 Å². The predicted molar refractivity (Wildman–Crippen MR) is 166 cm³/mol. The molecule has 1 amide bonds. The Kier molecular flexibility index (Phi) is 9.66. The van der Waals surface area contributed by atoms with Crippen molar-refractivity contribution in [3.05, 3.63) is 118 Å². The van der Waals surface area contributed by atoms with Gasteiger partial charge in [0, 0.05) is 17.3 Å². The zero-order valence-electron chi connectivity index (χ0n) is 24.1. The van der Waals surface area contributed by atoms with Gasteiger partial charge in [-0.3, -0.25) is 9.59 Å². The molecule has 1 aromatic heterocycles. The quantitative estimate of drug-likeness (QED) is 0.195. The van der Waals surface area contributed by atoms with Crippen molar-refractivity contribution in [2.24, 2.45) is 11.8 Å². The maximum atomic E-state index is 13.7. The molecule has 6 rings (SSSR count). The van der Waals surface area contributed by atoms with E-state index in [0.717, 1.165) is 53.3 Å². The second-order valence-corrected chi connectivity index (χ2v) is 11.5. The van der Waals surface area contributed by atoms with Gasteiger partial charge in [-0.25, -0.2) is 9.48 Å².